The Hall–Kier alpha value is -2.72. The van der Waals surface area contributed by atoms with Crippen LogP contribution in [0, 0.1) is 16.7 Å². The van der Waals surface area contributed by atoms with Gasteiger partial charge < -0.3 is 29.2 Å². The van der Waals surface area contributed by atoms with Crippen LogP contribution in [0.25, 0.3) is 0 Å². The summed E-state index contributed by atoms with van der Waals surface area (Å²) in [4.78, 5) is 50.3. The maximum atomic E-state index is 13.3. The number of cyclic esters (lactones) is 1. The lowest BCUT2D eigenvalue weighted by molar-refractivity contribution is -0.188. The summed E-state index contributed by atoms with van der Waals surface area (Å²) in [7, 11) is 0. The molecule has 1 fully saturated rings. The Morgan fingerprint density at radius 2 is 1.79 bits per heavy atom. The smallest absolute Gasteiger partial charge is 0.330 e. The van der Waals surface area contributed by atoms with E-state index in [0.29, 0.717) is 0 Å². The number of ether oxygens (including phenoxy) is 4. The molecule has 1 heterocycles. The minimum absolute atomic E-state index is 0.123. The second-order valence-electron chi connectivity index (χ2n) is 9.60. The SMILES string of the molecule is C=CC(=O)OCC1(OC(=O)C=C)COC(=O)C1(CC(CC)C(=O)OCC(O)CO)CC(C)(C)C. The highest BCUT2D eigenvalue weighted by molar-refractivity contribution is 5.86. The summed E-state index contributed by atoms with van der Waals surface area (Å²) in [6.07, 6.45) is 0.855. The third kappa shape index (κ3) is 7.14. The molecule has 0 spiro atoms. The van der Waals surface area contributed by atoms with Crippen LogP contribution in [0.5, 0.6) is 0 Å². The highest BCUT2D eigenvalue weighted by Crippen LogP contribution is 2.53. The highest BCUT2D eigenvalue weighted by Gasteiger charge is 2.67. The fraction of sp³-hybridized carbons (Fsp3) is 0.667. The molecule has 0 radical (unpaired) electrons. The molecule has 0 aromatic rings. The lowest BCUT2D eigenvalue weighted by atomic mass is 9.61. The monoisotopic (exact) mass is 484 g/mol. The fourth-order valence-corrected chi connectivity index (χ4v) is 4.11. The van der Waals surface area contributed by atoms with Crippen molar-refractivity contribution in [2.24, 2.45) is 16.7 Å². The lowest BCUT2D eigenvalue weighted by Gasteiger charge is -2.44. The maximum Gasteiger partial charge on any atom is 0.330 e. The fourth-order valence-electron chi connectivity index (χ4n) is 4.11. The van der Waals surface area contributed by atoms with Gasteiger partial charge in [-0.3, -0.25) is 9.59 Å². The number of hydrogen-bond donors (Lipinski definition) is 2. The first-order valence-corrected chi connectivity index (χ1v) is 11.1. The first-order chi connectivity index (χ1) is 15.8. The summed E-state index contributed by atoms with van der Waals surface area (Å²) in [5.41, 5.74) is -3.81. The normalized spacial score (nSPS) is 23.9. The van der Waals surface area contributed by atoms with E-state index in [9.17, 15) is 24.3 Å². The molecule has 10 nitrogen and oxygen atoms in total. The minimum atomic E-state index is -1.74. The van der Waals surface area contributed by atoms with Crippen LogP contribution in [-0.4, -0.2) is 72.2 Å². The van der Waals surface area contributed by atoms with E-state index in [2.05, 4.69) is 13.2 Å². The van der Waals surface area contributed by atoms with Gasteiger partial charge in [0.25, 0.3) is 0 Å². The molecular formula is C24H36O10. The van der Waals surface area contributed by atoms with Gasteiger partial charge in [-0.25, -0.2) is 9.59 Å². The minimum Gasteiger partial charge on any atom is -0.463 e. The Morgan fingerprint density at radius 1 is 1.18 bits per heavy atom. The van der Waals surface area contributed by atoms with Gasteiger partial charge in [0, 0.05) is 12.2 Å². The van der Waals surface area contributed by atoms with Crippen molar-refractivity contribution in [2.45, 2.75) is 58.7 Å². The Morgan fingerprint density at radius 3 is 2.29 bits per heavy atom. The molecule has 4 unspecified atom stereocenters. The van der Waals surface area contributed by atoms with E-state index < -0.39 is 72.2 Å². The van der Waals surface area contributed by atoms with Gasteiger partial charge in [-0.05, 0) is 24.7 Å². The molecule has 0 aromatic carbocycles. The van der Waals surface area contributed by atoms with Crippen molar-refractivity contribution in [3.63, 3.8) is 0 Å². The van der Waals surface area contributed by atoms with Crippen molar-refractivity contribution in [3.05, 3.63) is 25.3 Å². The van der Waals surface area contributed by atoms with Gasteiger partial charge in [-0.1, -0.05) is 40.9 Å². The van der Waals surface area contributed by atoms with Gasteiger partial charge in [0.15, 0.2) is 5.60 Å². The first-order valence-electron chi connectivity index (χ1n) is 11.1. The number of aliphatic hydroxyl groups is 2. The standard InChI is InChI=1S/C24H36O10/c1-7-16(20(29)31-12-17(26)11-25)10-23(13-22(4,5)6)21(30)33-15-24(23,34-19(28)9-3)14-32-18(27)8-2/h8-9,16-17,25-26H,2-3,7,10-15H2,1,4-6H3. The van der Waals surface area contributed by atoms with E-state index in [-0.39, 0.29) is 25.9 Å². The Kier molecular flexibility index (Phi) is 10.4. The topological polar surface area (TPSA) is 146 Å². The van der Waals surface area contributed by atoms with Crippen LogP contribution >= 0.6 is 0 Å². The van der Waals surface area contributed by atoms with E-state index >= 15 is 0 Å². The molecule has 1 saturated heterocycles. The molecule has 34 heavy (non-hydrogen) atoms. The summed E-state index contributed by atoms with van der Waals surface area (Å²) in [5.74, 6) is -3.89. The van der Waals surface area contributed by atoms with Crippen molar-refractivity contribution >= 4 is 23.9 Å². The van der Waals surface area contributed by atoms with E-state index in [0.717, 1.165) is 12.2 Å². The van der Waals surface area contributed by atoms with Crippen LogP contribution in [0.3, 0.4) is 0 Å². The largest absolute Gasteiger partial charge is 0.463 e. The van der Waals surface area contributed by atoms with Crippen LogP contribution in [0.2, 0.25) is 0 Å². The molecule has 1 aliphatic rings. The van der Waals surface area contributed by atoms with Crippen LogP contribution in [0.1, 0.15) is 47.0 Å². The summed E-state index contributed by atoms with van der Waals surface area (Å²) >= 11 is 0. The zero-order valence-electron chi connectivity index (χ0n) is 20.3. The first kappa shape index (κ1) is 29.3. The van der Waals surface area contributed by atoms with Crippen molar-refractivity contribution in [3.8, 4) is 0 Å². The third-order valence-electron chi connectivity index (χ3n) is 5.66. The number of carbonyl (C=O) groups excluding carboxylic acids is 4. The predicted octanol–water partition coefficient (Wildman–Crippen LogP) is 1.48. The van der Waals surface area contributed by atoms with E-state index in [1.165, 1.54) is 0 Å². The lowest BCUT2D eigenvalue weighted by Crippen LogP contribution is -2.58. The second kappa shape index (κ2) is 12.1. The number of carbonyl (C=O) groups is 4. The molecule has 0 amide bonds. The number of hydrogen-bond acceptors (Lipinski definition) is 10. The molecule has 10 heteroatoms. The predicted molar refractivity (Wildman–Crippen MR) is 120 cm³/mol. The number of esters is 4. The number of aliphatic hydroxyl groups excluding tert-OH is 2. The molecule has 1 rings (SSSR count). The van der Waals surface area contributed by atoms with Gasteiger partial charge in [0.05, 0.1) is 12.5 Å². The quantitative estimate of drug-likeness (QED) is 0.224. The molecule has 0 aliphatic carbocycles. The maximum absolute atomic E-state index is 13.3. The average Bonchev–Trinajstić information content (AvgIpc) is 3.03. The van der Waals surface area contributed by atoms with Crippen molar-refractivity contribution in [1.82, 2.24) is 0 Å². The van der Waals surface area contributed by atoms with Gasteiger partial charge in [-0.15, -0.1) is 0 Å². The third-order valence-corrected chi connectivity index (χ3v) is 5.66. The van der Waals surface area contributed by atoms with Crippen molar-refractivity contribution in [2.75, 3.05) is 26.4 Å². The van der Waals surface area contributed by atoms with E-state index in [1.807, 2.05) is 20.8 Å². The van der Waals surface area contributed by atoms with Crippen LogP contribution in [0.4, 0.5) is 0 Å². The molecule has 192 valence electrons. The molecule has 0 bridgehead atoms. The van der Waals surface area contributed by atoms with E-state index in [1.54, 1.807) is 6.92 Å². The Bertz CT molecular complexity index is 783. The summed E-state index contributed by atoms with van der Waals surface area (Å²) in [6.45, 7) is 12.2. The van der Waals surface area contributed by atoms with Gasteiger partial charge in [0.1, 0.15) is 31.3 Å². The summed E-state index contributed by atoms with van der Waals surface area (Å²) < 4.78 is 21.4. The van der Waals surface area contributed by atoms with Gasteiger partial charge >= 0.3 is 23.9 Å². The molecule has 4 atom stereocenters. The van der Waals surface area contributed by atoms with E-state index in [4.69, 9.17) is 24.1 Å². The zero-order valence-corrected chi connectivity index (χ0v) is 20.3. The summed E-state index contributed by atoms with van der Waals surface area (Å²) in [6, 6.07) is 0. The molecule has 2 N–H and O–H groups in total. The summed E-state index contributed by atoms with van der Waals surface area (Å²) in [5, 5.41) is 18.5. The van der Waals surface area contributed by atoms with Gasteiger partial charge in [-0.2, -0.15) is 0 Å². The Balaban J connectivity index is 3.54. The number of rotatable bonds is 13. The Labute approximate surface area is 199 Å². The molecule has 1 aliphatic heterocycles. The van der Waals surface area contributed by atoms with Crippen LogP contribution in [-0.2, 0) is 38.1 Å². The van der Waals surface area contributed by atoms with Crippen LogP contribution < -0.4 is 0 Å². The molecular weight excluding hydrogens is 448 g/mol. The molecule has 0 aromatic heterocycles. The second-order valence-corrected chi connectivity index (χ2v) is 9.60. The zero-order chi connectivity index (χ0) is 26.2. The van der Waals surface area contributed by atoms with Crippen molar-refractivity contribution < 1.29 is 48.3 Å². The average molecular weight is 485 g/mol. The van der Waals surface area contributed by atoms with Crippen molar-refractivity contribution in [1.29, 1.82) is 0 Å². The van der Waals surface area contributed by atoms with Gasteiger partial charge in [0.2, 0.25) is 0 Å². The van der Waals surface area contributed by atoms with Crippen LogP contribution in [0.15, 0.2) is 25.3 Å². The highest BCUT2D eigenvalue weighted by atomic mass is 16.6. The molecule has 0 saturated carbocycles.